The Morgan fingerprint density at radius 2 is 2.06 bits per heavy atom. The molecule has 5 nitrogen and oxygen atoms in total. The van der Waals surface area contributed by atoms with Gasteiger partial charge >= 0.3 is 6.09 Å². The van der Waals surface area contributed by atoms with Crippen molar-refractivity contribution < 1.29 is 14.7 Å². The first kappa shape index (κ1) is 12.7. The summed E-state index contributed by atoms with van der Waals surface area (Å²) in [7, 11) is 0. The number of aryl methyl sites for hydroxylation is 1. The second kappa shape index (κ2) is 5.25. The molecular formula is C13H18N2O3. The molecule has 0 aliphatic carbocycles. The van der Waals surface area contributed by atoms with Crippen molar-refractivity contribution in [2.75, 3.05) is 13.1 Å². The second-order valence-corrected chi connectivity index (χ2v) is 4.90. The third-order valence-electron chi connectivity index (χ3n) is 3.49. The minimum absolute atomic E-state index is 0.122. The Balaban J connectivity index is 1.85. The Hall–Kier alpha value is -1.78. The summed E-state index contributed by atoms with van der Waals surface area (Å²) in [5, 5.41) is 8.84. The molecule has 0 unspecified atom stereocenters. The number of hydrogen-bond acceptors (Lipinski definition) is 2. The molecule has 98 valence electrons. The van der Waals surface area contributed by atoms with Crippen LogP contribution >= 0.6 is 0 Å². The maximum absolute atomic E-state index is 12.0. The number of carbonyl (C=O) groups is 2. The van der Waals surface area contributed by atoms with Gasteiger partial charge in [0.1, 0.15) is 0 Å². The van der Waals surface area contributed by atoms with Crippen LogP contribution in [0.4, 0.5) is 4.79 Å². The highest BCUT2D eigenvalue weighted by Crippen LogP contribution is 2.22. The summed E-state index contributed by atoms with van der Waals surface area (Å²) in [6, 6.07) is 3.70. The number of ketones is 1. The van der Waals surface area contributed by atoms with Crippen molar-refractivity contribution in [1.29, 1.82) is 0 Å². The van der Waals surface area contributed by atoms with Gasteiger partial charge in [-0.05, 0) is 37.8 Å². The van der Waals surface area contributed by atoms with Crippen molar-refractivity contribution in [1.82, 2.24) is 9.88 Å². The van der Waals surface area contributed by atoms with Crippen molar-refractivity contribution in [3.05, 3.63) is 23.5 Å². The number of amides is 1. The van der Waals surface area contributed by atoms with Crippen LogP contribution < -0.4 is 0 Å². The van der Waals surface area contributed by atoms with Crippen molar-refractivity contribution in [3.63, 3.8) is 0 Å². The van der Waals surface area contributed by atoms with Crippen molar-refractivity contribution in [3.8, 4) is 0 Å². The molecule has 0 aromatic carbocycles. The standard InChI is InChI=1S/C13H18N2O3/c1-9-2-3-11(14-9)12(16)8-10-4-6-15(7-5-10)13(17)18/h2-3,10,14H,4-8H2,1H3,(H,17,18). The number of likely N-dealkylation sites (tertiary alicyclic amines) is 1. The van der Waals surface area contributed by atoms with Gasteiger partial charge in [-0.15, -0.1) is 0 Å². The molecule has 5 heteroatoms. The lowest BCUT2D eigenvalue weighted by Crippen LogP contribution is -2.37. The Kier molecular flexibility index (Phi) is 3.69. The fraction of sp³-hybridized carbons (Fsp3) is 0.538. The van der Waals surface area contributed by atoms with E-state index in [0.717, 1.165) is 18.5 Å². The highest BCUT2D eigenvalue weighted by molar-refractivity contribution is 5.94. The number of rotatable bonds is 3. The van der Waals surface area contributed by atoms with E-state index in [4.69, 9.17) is 5.11 Å². The minimum atomic E-state index is -0.861. The Bertz CT molecular complexity index is 445. The summed E-state index contributed by atoms with van der Waals surface area (Å²) in [5.41, 5.74) is 1.65. The van der Waals surface area contributed by atoms with Crippen LogP contribution in [0.5, 0.6) is 0 Å². The van der Waals surface area contributed by atoms with Crippen molar-refractivity contribution >= 4 is 11.9 Å². The zero-order chi connectivity index (χ0) is 13.1. The monoisotopic (exact) mass is 250 g/mol. The summed E-state index contributed by atoms with van der Waals surface area (Å²) in [6.07, 6.45) is 1.20. The molecule has 1 aliphatic rings. The highest BCUT2D eigenvalue weighted by Gasteiger charge is 2.24. The molecule has 1 saturated heterocycles. The zero-order valence-corrected chi connectivity index (χ0v) is 10.5. The van der Waals surface area contributed by atoms with E-state index in [0.29, 0.717) is 31.1 Å². The molecular weight excluding hydrogens is 232 g/mol. The first-order valence-corrected chi connectivity index (χ1v) is 6.23. The molecule has 0 bridgehead atoms. The van der Waals surface area contributed by atoms with E-state index in [2.05, 4.69) is 4.98 Å². The zero-order valence-electron chi connectivity index (χ0n) is 10.5. The first-order chi connectivity index (χ1) is 8.56. The normalized spacial score (nSPS) is 16.8. The van der Waals surface area contributed by atoms with Gasteiger partial charge in [0.25, 0.3) is 0 Å². The van der Waals surface area contributed by atoms with E-state index in [9.17, 15) is 9.59 Å². The van der Waals surface area contributed by atoms with E-state index in [-0.39, 0.29) is 5.78 Å². The van der Waals surface area contributed by atoms with E-state index in [1.807, 2.05) is 19.1 Å². The third kappa shape index (κ3) is 2.91. The number of nitrogens with one attached hydrogen (secondary N) is 1. The third-order valence-corrected chi connectivity index (χ3v) is 3.49. The van der Waals surface area contributed by atoms with Crippen LogP contribution in [0.2, 0.25) is 0 Å². The largest absolute Gasteiger partial charge is 0.465 e. The lowest BCUT2D eigenvalue weighted by Gasteiger charge is -2.29. The van der Waals surface area contributed by atoms with Gasteiger partial charge in [-0.25, -0.2) is 4.79 Å². The molecule has 0 radical (unpaired) electrons. The number of Topliss-reactive ketones (excluding diaryl/α,β-unsaturated/α-hetero) is 1. The van der Waals surface area contributed by atoms with Crippen LogP contribution in [-0.2, 0) is 0 Å². The summed E-state index contributed by atoms with van der Waals surface area (Å²) in [4.78, 5) is 27.2. The summed E-state index contributed by atoms with van der Waals surface area (Å²) in [5.74, 6) is 0.425. The molecule has 0 atom stereocenters. The van der Waals surface area contributed by atoms with Crippen LogP contribution in [0.25, 0.3) is 0 Å². The molecule has 0 spiro atoms. The molecule has 2 heterocycles. The summed E-state index contributed by atoms with van der Waals surface area (Å²) < 4.78 is 0. The topological polar surface area (TPSA) is 73.4 Å². The van der Waals surface area contributed by atoms with E-state index < -0.39 is 6.09 Å². The van der Waals surface area contributed by atoms with E-state index >= 15 is 0 Å². The van der Waals surface area contributed by atoms with Crippen LogP contribution in [0.1, 0.15) is 35.4 Å². The fourth-order valence-corrected chi connectivity index (χ4v) is 2.37. The van der Waals surface area contributed by atoms with Gasteiger partial charge < -0.3 is 15.0 Å². The van der Waals surface area contributed by atoms with E-state index in [1.165, 1.54) is 4.90 Å². The molecule has 2 rings (SSSR count). The number of nitrogens with zero attached hydrogens (tertiary/aromatic N) is 1. The first-order valence-electron chi connectivity index (χ1n) is 6.23. The quantitative estimate of drug-likeness (QED) is 0.808. The van der Waals surface area contributed by atoms with Crippen LogP contribution in [0.3, 0.4) is 0 Å². The maximum atomic E-state index is 12.0. The number of hydrogen-bond donors (Lipinski definition) is 2. The average Bonchev–Trinajstić information content (AvgIpc) is 2.76. The Labute approximate surface area is 106 Å². The minimum Gasteiger partial charge on any atom is -0.465 e. The number of piperidine rings is 1. The second-order valence-electron chi connectivity index (χ2n) is 4.90. The molecule has 1 aliphatic heterocycles. The lowest BCUT2D eigenvalue weighted by atomic mass is 9.91. The summed E-state index contributed by atoms with van der Waals surface area (Å²) in [6.45, 7) is 3.00. The van der Waals surface area contributed by atoms with Gasteiger partial charge in [-0.1, -0.05) is 0 Å². The van der Waals surface area contributed by atoms with Gasteiger partial charge in [-0.3, -0.25) is 4.79 Å². The molecule has 0 saturated carbocycles. The van der Waals surface area contributed by atoms with Crippen LogP contribution in [-0.4, -0.2) is 40.0 Å². The van der Waals surface area contributed by atoms with Gasteiger partial charge in [0.15, 0.2) is 5.78 Å². The number of aromatic amines is 1. The average molecular weight is 250 g/mol. The smallest absolute Gasteiger partial charge is 0.407 e. The van der Waals surface area contributed by atoms with Gasteiger partial charge in [0.05, 0.1) is 5.69 Å². The molecule has 2 N–H and O–H groups in total. The van der Waals surface area contributed by atoms with Crippen molar-refractivity contribution in [2.24, 2.45) is 5.92 Å². The fourth-order valence-electron chi connectivity index (χ4n) is 2.37. The van der Waals surface area contributed by atoms with Crippen LogP contribution in [0.15, 0.2) is 12.1 Å². The van der Waals surface area contributed by atoms with Crippen LogP contribution in [0, 0.1) is 12.8 Å². The maximum Gasteiger partial charge on any atom is 0.407 e. The highest BCUT2D eigenvalue weighted by atomic mass is 16.4. The predicted octanol–water partition coefficient (Wildman–Crippen LogP) is 2.29. The van der Waals surface area contributed by atoms with Crippen molar-refractivity contribution in [2.45, 2.75) is 26.2 Å². The molecule has 1 aromatic rings. The predicted molar refractivity (Wildman–Crippen MR) is 66.8 cm³/mol. The van der Waals surface area contributed by atoms with Gasteiger partial charge in [0.2, 0.25) is 0 Å². The number of carbonyl (C=O) groups excluding carboxylic acids is 1. The molecule has 1 fully saturated rings. The van der Waals surface area contributed by atoms with E-state index in [1.54, 1.807) is 0 Å². The van der Waals surface area contributed by atoms with Gasteiger partial charge in [-0.2, -0.15) is 0 Å². The number of carboxylic acid groups (broad SMARTS) is 1. The molecule has 1 aromatic heterocycles. The number of aromatic nitrogens is 1. The number of H-pyrrole nitrogens is 1. The van der Waals surface area contributed by atoms with Gasteiger partial charge in [0, 0.05) is 25.2 Å². The molecule has 18 heavy (non-hydrogen) atoms. The Morgan fingerprint density at radius 1 is 1.39 bits per heavy atom. The Morgan fingerprint density at radius 3 is 2.56 bits per heavy atom. The lowest BCUT2D eigenvalue weighted by molar-refractivity contribution is 0.0916. The molecule has 1 amide bonds. The SMILES string of the molecule is Cc1ccc(C(=O)CC2CCN(C(=O)O)CC2)[nH]1. The summed E-state index contributed by atoms with van der Waals surface area (Å²) >= 11 is 0.